The van der Waals surface area contributed by atoms with Crippen LogP contribution in [0.15, 0.2) is 48.8 Å². The predicted octanol–water partition coefficient (Wildman–Crippen LogP) is 4.40. The van der Waals surface area contributed by atoms with E-state index in [0.29, 0.717) is 18.1 Å². The largest absolute Gasteiger partial charge is 0.507 e. The van der Waals surface area contributed by atoms with Crippen LogP contribution in [0.1, 0.15) is 48.7 Å². The van der Waals surface area contributed by atoms with Crippen LogP contribution in [0.5, 0.6) is 11.5 Å². The molecule has 0 spiro atoms. The lowest BCUT2D eigenvalue weighted by Crippen LogP contribution is -2.05. The quantitative estimate of drug-likeness (QED) is 0.655. The molecule has 1 aromatic carbocycles. The lowest BCUT2D eigenvalue weighted by Gasteiger charge is -2.13. The second-order valence-corrected chi connectivity index (χ2v) is 6.00. The normalized spacial score (nSPS) is 12.8. The Hall–Kier alpha value is -3.15. The molecule has 0 saturated heterocycles. The van der Waals surface area contributed by atoms with Crippen molar-refractivity contribution in [1.29, 1.82) is 0 Å². The number of rotatable bonds is 6. The average molecular weight is 365 g/mol. The van der Waals surface area contributed by atoms with Crippen molar-refractivity contribution >= 4 is 6.29 Å². The summed E-state index contributed by atoms with van der Waals surface area (Å²) in [6.45, 7) is 4.24. The number of ether oxygens (including phenoxy) is 1. The molecule has 0 bridgehead atoms. The molecule has 2 aromatic heterocycles. The summed E-state index contributed by atoms with van der Waals surface area (Å²) in [6.07, 6.45) is 6.40. The second-order valence-electron chi connectivity index (χ2n) is 6.00. The molecule has 1 fully saturated rings. The number of aromatic nitrogens is 3. The monoisotopic (exact) mass is 365 g/mol. The molecule has 4 rings (SSSR count). The molecule has 1 aliphatic carbocycles. The van der Waals surface area contributed by atoms with Crippen LogP contribution in [-0.2, 0) is 6.61 Å². The smallest absolute Gasteiger partial charge is 0.157 e. The molecule has 0 unspecified atom stereocenters. The highest BCUT2D eigenvalue weighted by Crippen LogP contribution is 2.38. The summed E-state index contributed by atoms with van der Waals surface area (Å²) in [5.74, 6) is 0.256. The third-order valence-corrected chi connectivity index (χ3v) is 4.24. The summed E-state index contributed by atoms with van der Waals surface area (Å²) in [5, 5.41) is 14.2. The van der Waals surface area contributed by atoms with Crippen LogP contribution in [0, 0.1) is 0 Å². The van der Waals surface area contributed by atoms with Gasteiger partial charge in [-0.15, -0.1) is 0 Å². The summed E-state index contributed by atoms with van der Waals surface area (Å²) in [7, 11) is 0. The zero-order valence-electron chi connectivity index (χ0n) is 15.5. The molecule has 3 aromatic rings. The van der Waals surface area contributed by atoms with E-state index < -0.39 is 0 Å². The minimum Gasteiger partial charge on any atom is -0.507 e. The Morgan fingerprint density at radius 3 is 2.74 bits per heavy atom. The van der Waals surface area contributed by atoms with Crippen molar-refractivity contribution in [3.8, 4) is 22.9 Å². The summed E-state index contributed by atoms with van der Waals surface area (Å²) < 4.78 is 7.80. The third-order valence-electron chi connectivity index (χ3n) is 4.24. The van der Waals surface area contributed by atoms with Gasteiger partial charge < -0.3 is 9.84 Å². The number of pyridine rings is 1. The second kappa shape index (κ2) is 8.49. The van der Waals surface area contributed by atoms with Gasteiger partial charge in [-0.05, 0) is 37.1 Å². The third kappa shape index (κ3) is 4.00. The highest BCUT2D eigenvalue weighted by Gasteiger charge is 2.27. The maximum Gasteiger partial charge on any atom is 0.157 e. The van der Waals surface area contributed by atoms with E-state index in [2.05, 4.69) is 10.1 Å². The molecule has 2 heterocycles. The van der Waals surface area contributed by atoms with Crippen LogP contribution in [0.25, 0.3) is 11.4 Å². The van der Waals surface area contributed by atoms with E-state index >= 15 is 0 Å². The fraction of sp³-hybridized carbons (Fsp3) is 0.286. The summed E-state index contributed by atoms with van der Waals surface area (Å²) in [4.78, 5) is 15.7. The topological polar surface area (TPSA) is 77.2 Å². The zero-order chi connectivity index (χ0) is 19.2. The van der Waals surface area contributed by atoms with Crippen molar-refractivity contribution in [2.75, 3.05) is 0 Å². The Kier molecular flexibility index (Phi) is 5.86. The van der Waals surface area contributed by atoms with E-state index in [0.717, 1.165) is 29.8 Å². The van der Waals surface area contributed by atoms with Gasteiger partial charge in [0.2, 0.25) is 0 Å². The van der Waals surface area contributed by atoms with Gasteiger partial charge in [0.05, 0.1) is 23.0 Å². The number of carbonyl (C=O) groups excluding carboxylic acids is 1. The van der Waals surface area contributed by atoms with Crippen molar-refractivity contribution in [3.63, 3.8) is 0 Å². The van der Waals surface area contributed by atoms with Crippen molar-refractivity contribution < 1.29 is 14.6 Å². The predicted molar refractivity (Wildman–Crippen MR) is 103 cm³/mol. The molecule has 6 nitrogen and oxygen atoms in total. The average Bonchev–Trinajstić information content (AvgIpc) is 3.45. The Bertz CT molecular complexity index is 917. The van der Waals surface area contributed by atoms with Gasteiger partial charge in [-0.2, -0.15) is 5.10 Å². The van der Waals surface area contributed by atoms with Crippen LogP contribution in [0.2, 0.25) is 0 Å². The van der Waals surface area contributed by atoms with Crippen LogP contribution in [0.4, 0.5) is 0 Å². The standard InChI is InChI=1S/C19H17N3O3.C2H6/c23-11-15-17(24)4-1-5-18(15)25-12-13-3-2-9-20-19(13)16-8-10-21-22(16)14-6-7-14;1-2/h1-5,8-11,14,24H,6-7,12H2;1-2H3. The Labute approximate surface area is 158 Å². The van der Waals surface area contributed by atoms with E-state index in [9.17, 15) is 9.90 Å². The first-order valence-electron chi connectivity index (χ1n) is 9.15. The molecular formula is C21H23N3O3. The summed E-state index contributed by atoms with van der Waals surface area (Å²) in [5.41, 5.74) is 2.83. The molecule has 6 heteroatoms. The number of carbonyl (C=O) groups is 1. The highest BCUT2D eigenvalue weighted by molar-refractivity contribution is 5.83. The van der Waals surface area contributed by atoms with Crippen LogP contribution in [-0.4, -0.2) is 26.2 Å². The Morgan fingerprint density at radius 2 is 2.00 bits per heavy atom. The van der Waals surface area contributed by atoms with E-state index in [1.165, 1.54) is 6.07 Å². The molecule has 1 N–H and O–H groups in total. The van der Waals surface area contributed by atoms with Crippen LogP contribution < -0.4 is 4.74 Å². The van der Waals surface area contributed by atoms with Gasteiger partial charge in [0, 0.05) is 18.0 Å². The van der Waals surface area contributed by atoms with Crippen molar-refractivity contribution in [3.05, 3.63) is 59.9 Å². The molecule has 0 radical (unpaired) electrons. The number of benzene rings is 1. The van der Waals surface area contributed by atoms with Gasteiger partial charge >= 0.3 is 0 Å². The molecule has 140 valence electrons. The maximum absolute atomic E-state index is 11.2. The minimum atomic E-state index is -0.0919. The zero-order valence-corrected chi connectivity index (χ0v) is 15.5. The number of hydrogen-bond donors (Lipinski definition) is 1. The molecule has 0 amide bonds. The van der Waals surface area contributed by atoms with Crippen molar-refractivity contribution in [1.82, 2.24) is 14.8 Å². The van der Waals surface area contributed by atoms with Gasteiger partial charge in [0.25, 0.3) is 0 Å². The number of phenolic OH excluding ortho intramolecular Hbond substituents is 1. The van der Waals surface area contributed by atoms with Crippen molar-refractivity contribution in [2.24, 2.45) is 0 Å². The van der Waals surface area contributed by atoms with Gasteiger partial charge in [-0.1, -0.05) is 26.0 Å². The minimum absolute atomic E-state index is 0.0919. The van der Waals surface area contributed by atoms with E-state index in [1.807, 2.05) is 36.7 Å². The van der Waals surface area contributed by atoms with Crippen molar-refractivity contribution in [2.45, 2.75) is 39.3 Å². The molecule has 0 atom stereocenters. The fourth-order valence-electron chi connectivity index (χ4n) is 2.83. The van der Waals surface area contributed by atoms with Crippen LogP contribution >= 0.6 is 0 Å². The molecule has 0 aliphatic heterocycles. The summed E-state index contributed by atoms with van der Waals surface area (Å²) in [6, 6.07) is 11.0. The SMILES string of the molecule is CC.O=Cc1c(O)cccc1OCc1cccnc1-c1ccnn1C1CC1. The molecular weight excluding hydrogens is 342 g/mol. The fourth-order valence-corrected chi connectivity index (χ4v) is 2.83. The lowest BCUT2D eigenvalue weighted by molar-refractivity contribution is 0.111. The lowest BCUT2D eigenvalue weighted by atomic mass is 10.1. The van der Waals surface area contributed by atoms with Gasteiger partial charge in [-0.3, -0.25) is 14.5 Å². The first-order chi connectivity index (χ1) is 13.3. The summed E-state index contributed by atoms with van der Waals surface area (Å²) >= 11 is 0. The Balaban J connectivity index is 0.00000102. The van der Waals surface area contributed by atoms with E-state index in [4.69, 9.17) is 4.74 Å². The van der Waals surface area contributed by atoms with Crippen LogP contribution in [0.3, 0.4) is 0 Å². The van der Waals surface area contributed by atoms with Gasteiger partial charge in [0.15, 0.2) is 6.29 Å². The molecule has 27 heavy (non-hydrogen) atoms. The number of hydrogen-bond acceptors (Lipinski definition) is 5. The highest BCUT2D eigenvalue weighted by atomic mass is 16.5. The Morgan fingerprint density at radius 1 is 1.19 bits per heavy atom. The number of aldehydes is 1. The maximum atomic E-state index is 11.2. The first kappa shape index (κ1) is 18.6. The van der Waals surface area contributed by atoms with Gasteiger partial charge in [0.1, 0.15) is 18.1 Å². The molecule has 1 aliphatic rings. The van der Waals surface area contributed by atoms with E-state index in [-0.39, 0.29) is 17.9 Å². The number of phenols is 1. The molecule has 1 saturated carbocycles. The first-order valence-corrected chi connectivity index (χ1v) is 9.15. The van der Waals surface area contributed by atoms with E-state index in [1.54, 1.807) is 24.5 Å². The van der Waals surface area contributed by atoms with Gasteiger partial charge in [-0.25, -0.2) is 0 Å². The number of aromatic hydroxyl groups is 1. The number of nitrogens with zero attached hydrogens (tertiary/aromatic N) is 3.